The van der Waals surface area contributed by atoms with Gasteiger partial charge in [-0.2, -0.15) is 0 Å². The van der Waals surface area contributed by atoms with Crippen molar-refractivity contribution >= 4 is 21.4 Å². The van der Waals surface area contributed by atoms with Gasteiger partial charge in [-0.3, -0.25) is 4.79 Å². The Balaban J connectivity index is 2.16. The van der Waals surface area contributed by atoms with Crippen LogP contribution in [0.1, 0.15) is 25.8 Å². The van der Waals surface area contributed by atoms with Crippen molar-refractivity contribution in [2.45, 2.75) is 32.9 Å². The van der Waals surface area contributed by atoms with E-state index in [0.717, 1.165) is 5.56 Å². The third kappa shape index (κ3) is 3.75. The average Bonchev–Trinajstić information content (AvgIpc) is 2.77. The molecule has 1 fully saturated rings. The second kappa shape index (κ2) is 6.05. The maximum Gasteiger partial charge on any atom is 0.227 e. The molecule has 116 valence electrons. The van der Waals surface area contributed by atoms with E-state index in [0.29, 0.717) is 18.7 Å². The molecule has 0 aliphatic carbocycles. The van der Waals surface area contributed by atoms with Crippen LogP contribution in [0.25, 0.3) is 0 Å². The topological polar surface area (TPSA) is 80.5 Å². The Labute approximate surface area is 126 Å². The molecule has 21 heavy (non-hydrogen) atoms. The number of carbonyl (C=O) groups excluding carboxylic acids is 1. The summed E-state index contributed by atoms with van der Waals surface area (Å²) in [6.45, 7) is 4.28. The summed E-state index contributed by atoms with van der Waals surface area (Å²) in [7, 11) is -3.05. The van der Waals surface area contributed by atoms with Gasteiger partial charge in [0.15, 0.2) is 9.84 Å². The van der Waals surface area contributed by atoms with E-state index in [2.05, 4.69) is 0 Å². The van der Waals surface area contributed by atoms with Gasteiger partial charge in [-0.05, 0) is 31.9 Å². The highest BCUT2D eigenvalue weighted by atomic mass is 32.2. The first-order chi connectivity index (χ1) is 9.80. The van der Waals surface area contributed by atoms with Crippen LogP contribution in [0.4, 0.5) is 5.69 Å². The van der Waals surface area contributed by atoms with Crippen molar-refractivity contribution in [2.24, 2.45) is 5.92 Å². The van der Waals surface area contributed by atoms with Crippen LogP contribution in [0.15, 0.2) is 24.3 Å². The number of benzene rings is 1. The van der Waals surface area contributed by atoms with Gasteiger partial charge in [0, 0.05) is 18.3 Å². The first kappa shape index (κ1) is 15.8. The highest BCUT2D eigenvalue weighted by Crippen LogP contribution is 2.24. The van der Waals surface area contributed by atoms with Crippen LogP contribution >= 0.6 is 0 Å². The number of rotatable bonds is 4. The largest absolute Gasteiger partial charge is 0.398 e. The standard InChI is InChI=1S/C15H22N2O3S/c1-11(2)17(9-12-5-3-4-6-14(12)16)15(18)13-7-8-21(19,20)10-13/h3-6,11,13H,7-10,16H2,1-2H3. The van der Waals surface area contributed by atoms with Crippen LogP contribution < -0.4 is 5.73 Å². The summed E-state index contributed by atoms with van der Waals surface area (Å²) in [4.78, 5) is 14.3. The quantitative estimate of drug-likeness (QED) is 0.853. The molecule has 1 saturated heterocycles. The Morgan fingerprint density at radius 2 is 2.05 bits per heavy atom. The van der Waals surface area contributed by atoms with Gasteiger partial charge in [-0.1, -0.05) is 18.2 Å². The van der Waals surface area contributed by atoms with Crippen molar-refractivity contribution in [1.82, 2.24) is 4.90 Å². The van der Waals surface area contributed by atoms with Crippen molar-refractivity contribution in [3.8, 4) is 0 Å². The maximum absolute atomic E-state index is 12.6. The summed E-state index contributed by atoms with van der Waals surface area (Å²) in [5.41, 5.74) is 7.47. The zero-order valence-corrected chi connectivity index (χ0v) is 13.3. The van der Waals surface area contributed by atoms with Crippen molar-refractivity contribution in [2.75, 3.05) is 17.2 Å². The minimum atomic E-state index is -3.05. The fraction of sp³-hybridized carbons (Fsp3) is 0.533. The smallest absolute Gasteiger partial charge is 0.227 e. The van der Waals surface area contributed by atoms with E-state index >= 15 is 0 Å². The second-order valence-corrected chi connectivity index (χ2v) is 8.09. The lowest BCUT2D eigenvalue weighted by Crippen LogP contribution is -2.41. The fourth-order valence-corrected chi connectivity index (χ4v) is 4.33. The number of nitrogen functional groups attached to an aromatic ring is 1. The van der Waals surface area contributed by atoms with Crippen LogP contribution in [0.2, 0.25) is 0 Å². The molecule has 0 spiro atoms. The second-order valence-electron chi connectivity index (χ2n) is 5.86. The van der Waals surface area contributed by atoms with Gasteiger partial charge in [0.25, 0.3) is 0 Å². The molecule has 5 nitrogen and oxygen atoms in total. The fourth-order valence-electron chi connectivity index (χ4n) is 2.60. The van der Waals surface area contributed by atoms with E-state index in [1.807, 2.05) is 32.0 Å². The van der Waals surface area contributed by atoms with Crippen molar-refractivity contribution in [3.63, 3.8) is 0 Å². The molecular formula is C15H22N2O3S. The van der Waals surface area contributed by atoms with Gasteiger partial charge in [-0.15, -0.1) is 0 Å². The number of para-hydroxylation sites is 1. The van der Waals surface area contributed by atoms with Gasteiger partial charge in [-0.25, -0.2) is 8.42 Å². The molecule has 0 radical (unpaired) electrons. The molecule has 0 saturated carbocycles. The van der Waals surface area contributed by atoms with Gasteiger partial charge >= 0.3 is 0 Å². The van der Waals surface area contributed by atoms with Crippen molar-refractivity contribution < 1.29 is 13.2 Å². The lowest BCUT2D eigenvalue weighted by molar-refractivity contribution is -0.137. The van der Waals surface area contributed by atoms with Crippen molar-refractivity contribution in [3.05, 3.63) is 29.8 Å². The third-order valence-electron chi connectivity index (χ3n) is 3.88. The summed E-state index contributed by atoms with van der Waals surface area (Å²) in [6, 6.07) is 7.43. The minimum Gasteiger partial charge on any atom is -0.398 e. The maximum atomic E-state index is 12.6. The number of hydrogen-bond acceptors (Lipinski definition) is 4. The number of amides is 1. The molecule has 1 unspecified atom stereocenters. The highest BCUT2D eigenvalue weighted by molar-refractivity contribution is 7.91. The number of carbonyl (C=O) groups is 1. The summed E-state index contributed by atoms with van der Waals surface area (Å²) in [5, 5.41) is 0. The Morgan fingerprint density at radius 3 is 2.57 bits per heavy atom. The van der Waals surface area contributed by atoms with Crippen LogP contribution in [-0.2, 0) is 21.2 Å². The zero-order chi connectivity index (χ0) is 15.6. The number of sulfone groups is 1. The number of anilines is 1. The third-order valence-corrected chi connectivity index (χ3v) is 5.65. The average molecular weight is 310 g/mol. The van der Waals surface area contributed by atoms with Crippen LogP contribution in [0.3, 0.4) is 0 Å². The summed E-state index contributed by atoms with van der Waals surface area (Å²) >= 11 is 0. The molecule has 1 amide bonds. The van der Waals surface area contributed by atoms with E-state index < -0.39 is 15.8 Å². The monoisotopic (exact) mass is 310 g/mol. The minimum absolute atomic E-state index is 0.000380. The molecule has 1 atom stereocenters. The van der Waals surface area contributed by atoms with Gasteiger partial charge in [0.1, 0.15) is 0 Å². The van der Waals surface area contributed by atoms with E-state index in [4.69, 9.17) is 5.73 Å². The van der Waals surface area contributed by atoms with Crippen molar-refractivity contribution in [1.29, 1.82) is 0 Å². The Kier molecular flexibility index (Phi) is 4.56. The molecule has 2 rings (SSSR count). The lowest BCUT2D eigenvalue weighted by atomic mass is 10.1. The predicted octanol–water partition coefficient (Wildman–Crippen LogP) is 1.44. The van der Waals surface area contributed by atoms with Gasteiger partial charge in [0.2, 0.25) is 5.91 Å². The first-order valence-electron chi connectivity index (χ1n) is 7.14. The normalized spacial score (nSPS) is 20.6. The Bertz CT molecular complexity index is 626. The summed E-state index contributed by atoms with van der Waals surface area (Å²) in [5.74, 6) is -0.418. The van der Waals surface area contributed by atoms with E-state index in [9.17, 15) is 13.2 Å². The molecule has 2 N–H and O–H groups in total. The molecule has 6 heteroatoms. The van der Waals surface area contributed by atoms with Gasteiger partial charge in [0.05, 0.1) is 17.4 Å². The van der Waals surface area contributed by atoms with E-state index in [1.54, 1.807) is 11.0 Å². The lowest BCUT2D eigenvalue weighted by Gasteiger charge is -2.29. The van der Waals surface area contributed by atoms with Crippen LogP contribution in [0, 0.1) is 5.92 Å². The number of nitrogens with two attached hydrogens (primary N) is 1. The SMILES string of the molecule is CC(C)N(Cc1ccccc1N)C(=O)C1CCS(=O)(=O)C1. The molecule has 1 aliphatic heterocycles. The first-order valence-corrected chi connectivity index (χ1v) is 8.96. The molecule has 1 aromatic rings. The molecule has 1 heterocycles. The molecule has 0 aromatic heterocycles. The number of hydrogen-bond donors (Lipinski definition) is 1. The molecule has 1 aliphatic rings. The molecule has 0 bridgehead atoms. The Hall–Kier alpha value is -1.56. The van der Waals surface area contributed by atoms with E-state index in [-0.39, 0.29) is 23.5 Å². The van der Waals surface area contributed by atoms with Gasteiger partial charge < -0.3 is 10.6 Å². The number of nitrogens with zero attached hydrogens (tertiary/aromatic N) is 1. The predicted molar refractivity (Wildman–Crippen MR) is 83.3 cm³/mol. The van der Waals surface area contributed by atoms with Crippen LogP contribution in [0.5, 0.6) is 0 Å². The molecule has 1 aromatic carbocycles. The zero-order valence-electron chi connectivity index (χ0n) is 12.5. The van der Waals surface area contributed by atoms with E-state index in [1.165, 1.54) is 0 Å². The Morgan fingerprint density at radius 1 is 1.38 bits per heavy atom. The summed E-state index contributed by atoms with van der Waals surface area (Å²) < 4.78 is 23.1. The van der Waals surface area contributed by atoms with Crippen LogP contribution in [-0.4, -0.2) is 36.8 Å². The highest BCUT2D eigenvalue weighted by Gasteiger charge is 2.36. The summed E-state index contributed by atoms with van der Waals surface area (Å²) in [6.07, 6.45) is 0.425. The molecular weight excluding hydrogens is 288 g/mol.